The summed E-state index contributed by atoms with van der Waals surface area (Å²) in [6.45, 7) is 0. The van der Waals surface area contributed by atoms with E-state index in [1.54, 1.807) is 12.1 Å². The van der Waals surface area contributed by atoms with Gasteiger partial charge in [0.2, 0.25) is 0 Å². The Bertz CT molecular complexity index is 466. The van der Waals surface area contributed by atoms with E-state index in [1.807, 2.05) is 30.3 Å². The third kappa shape index (κ3) is 2.71. The van der Waals surface area contributed by atoms with Crippen LogP contribution in [0.4, 0.5) is 15.8 Å². The maximum absolute atomic E-state index is 12.8. The van der Waals surface area contributed by atoms with Gasteiger partial charge in [-0.15, -0.1) is 0 Å². The van der Waals surface area contributed by atoms with Gasteiger partial charge in [0.1, 0.15) is 5.82 Å². The molecule has 2 rings (SSSR count). The Labute approximate surface area is 87.1 Å². The molecule has 0 unspecified atom stereocenters. The van der Waals surface area contributed by atoms with Gasteiger partial charge in [-0.25, -0.2) is 4.39 Å². The molecule has 0 radical (unpaired) electrons. The van der Waals surface area contributed by atoms with Gasteiger partial charge < -0.3 is 0 Å². The summed E-state index contributed by atoms with van der Waals surface area (Å²) in [4.78, 5) is 0. The highest BCUT2D eigenvalue weighted by Crippen LogP contribution is 2.17. The Balaban J connectivity index is 2.19. The first-order valence-electron chi connectivity index (χ1n) is 4.57. The monoisotopic (exact) mass is 200 g/mol. The number of rotatable bonds is 2. The van der Waals surface area contributed by atoms with E-state index < -0.39 is 0 Å². The first-order chi connectivity index (χ1) is 7.34. The number of nitrogens with zero attached hydrogens (tertiary/aromatic N) is 2. The molecule has 0 aliphatic heterocycles. The van der Waals surface area contributed by atoms with Crippen molar-refractivity contribution in [3.8, 4) is 0 Å². The van der Waals surface area contributed by atoms with Crippen LogP contribution < -0.4 is 0 Å². The number of azo groups is 1. The van der Waals surface area contributed by atoms with Gasteiger partial charge in [0.05, 0.1) is 11.4 Å². The summed E-state index contributed by atoms with van der Waals surface area (Å²) in [6.07, 6.45) is 0. The summed E-state index contributed by atoms with van der Waals surface area (Å²) in [5.74, 6) is -0.306. The molecule has 2 nitrogen and oxygen atoms in total. The normalized spacial score (nSPS) is 10.7. The highest BCUT2D eigenvalue weighted by atomic mass is 19.1. The highest BCUT2D eigenvalue weighted by Gasteiger charge is 1.92. The standard InChI is InChI=1S/C12H9FN2/c13-10-5-4-8-12(9-10)15-14-11-6-2-1-3-7-11/h1-9H/b15-14+. The molecule has 0 bridgehead atoms. The number of benzene rings is 2. The van der Waals surface area contributed by atoms with Crippen LogP contribution >= 0.6 is 0 Å². The molecule has 0 heterocycles. The van der Waals surface area contributed by atoms with Gasteiger partial charge in [0.25, 0.3) is 0 Å². The van der Waals surface area contributed by atoms with E-state index in [1.165, 1.54) is 12.1 Å². The largest absolute Gasteiger partial charge is 0.207 e. The number of halogens is 1. The summed E-state index contributed by atoms with van der Waals surface area (Å²) >= 11 is 0. The Morgan fingerprint density at radius 2 is 1.40 bits per heavy atom. The molecular weight excluding hydrogens is 191 g/mol. The quantitative estimate of drug-likeness (QED) is 0.648. The third-order valence-electron chi connectivity index (χ3n) is 1.85. The second-order valence-corrected chi connectivity index (χ2v) is 3.02. The average molecular weight is 200 g/mol. The zero-order valence-corrected chi connectivity index (χ0v) is 7.97. The average Bonchev–Trinajstić information content (AvgIpc) is 2.28. The molecule has 0 aliphatic carbocycles. The highest BCUT2D eigenvalue weighted by molar-refractivity contribution is 5.39. The Morgan fingerprint density at radius 3 is 2.13 bits per heavy atom. The SMILES string of the molecule is Fc1cccc(/N=N/c2ccccc2)c1. The molecule has 15 heavy (non-hydrogen) atoms. The second kappa shape index (κ2) is 4.46. The van der Waals surface area contributed by atoms with Crippen molar-refractivity contribution < 1.29 is 4.39 Å². The van der Waals surface area contributed by atoms with Crippen molar-refractivity contribution in [1.29, 1.82) is 0 Å². The fraction of sp³-hybridized carbons (Fsp3) is 0. The van der Waals surface area contributed by atoms with Crippen LogP contribution in [0.1, 0.15) is 0 Å². The lowest BCUT2D eigenvalue weighted by Crippen LogP contribution is -1.69. The van der Waals surface area contributed by atoms with E-state index in [9.17, 15) is 4.39 Å². The first-order valence-corrected chi connectivity index (χ1v) is 4.57. The molecule has 0 fully saturated rings. The molecule has 2 aromatic rings. The van der Waals surface area contributed by atoms with Crippen molar-refractivity contribution in [3.63, 3.8) is 0 Å². The molecule has 0 aromatic heterocycles. The molecule has 0 spiro atoms. The summed E-state index contributed by atoms with van der Waals surface area (Å²) < 4.78 is 12.8. The van der Waals surface area contributed by atoms with Crippen molar-refractivity contribution in [2.45, 2.75) is 0 Å². The summed E-state index contributed by atoms with van der Waals surface area (Å²) in [7, 11) is 0. The van der Waals surface area contributed by atoms with Crippen LogP contribution in [0.3, 0.4) is 0 Å². The lowest BCUT2D eigenvalue weighted by atomic mass is 10.3. The van der Waals surface area contributed by atoms with Crippen LogP contribution in [0.25, 0.3) is 0 Å². The predicted molar refractivity (Wildman–Crippen MR) is 57.0 cm³/mol. The molecule has 3 heteroatoms. The van der Waals surface area contributed by atoms with Gasteiger partial charge >= 0.3 is 0 Å². The summed E-state index contributed by atoms with van der Waals surface area (Å²) in [5, 5.41) is 7.90. The van der Waals surface area contributed by atoms with Crippen LogP contribution in [0.15, 0.2) is 64.8 Å². The molecule has 0 amide bonds. The van der Waals surface area contributed by atoms with Crippen molar-refractivity contribution in [2.24, 2.45) is 10.2 Å². The smallest absolute Gasteiger partial charge is 0.125 e. The molecule has 0 aliphatic rings. The molecular formula is C12H9FN2. The van der Waals surface area contributed by atoms with E-state index in [-0.39, 0.29) is 5.82 Å². The van der Waals surface area contributed by atoms with Crippen molar-refractivity contribution in [3.05, 3.63) is 60.4 Å². The van der Waals surface area contributed by atoms with Gasteiger partial charge in [0.15, 0.2) is 0 Å². The molecule has 0 N–H and O–H groups in total. The van der Waals surface area contributed by atoms with E-state index in [2.05, 4.69) is 10.2 Å². The van der Waals surface area contributed by atoms with Crippen molar-refractivity contribution >= 4 is 11.4 Å². The van der Waals surface area contributed by atoms with E-state index in [4.69, 9.17) is 0 Å². The lowest BCUT2D eigenvalue weighted by molar-refractivity contribution is 0.628. The second-order valence-electron chi connectivity index (χ2n) is 3.02. The van der Waals surface area contributed by atoms with Crippen LogP contribution in [0.2, 0.25) is 0 Å². The first kappa shape index (κ1) is 9.52. The van der Waals surface area contributed by atoms with Crippen LogP contribution in [-0.4, -0.2) is 0 Å². The minimum Gasteiger partial charge on any atom is -0.207 e. The minimum atomic E-state index is -0.306. The zero-order valence-electron chi connectivity index (χ0n) is 7.97. The molecule has 74 valence electrons. The van der Waals surface area contributed by atoms with E-state index >= 15 is 0 Å². The molecule has 0 atom stereocenters. The van der Waals surface area contributed by atoms with Gasteiger partial charge in [-0.3, -0.25) is 0 Å². The summed E-state index contributed by atoms with van der Waals surface area (Å²) in [5.41, 5.74) is 1.26. The van der Waals surface area contributed by atoms with E-state index in [0.717, 1.165) is 5.69 Å². The topological polar surface area (TPSA) is 24.7 Å². The lowest BCUT2D eigenvalue weighted by Gasteiger charge is -1.92. The summed E-state index contributed by atoms with van der Waals surface area (Å²) in [6, 6.07) is 15.4. The molecule has 2 aromatic carbocycles. The minimum absolute atomic E-state index is 0.306. The van der Waals surface area contributed by atoms with Crippen LogP contribution in [0.5, 0.6) is 0 Å². The van der Waals surface area contributed by atoms with Crippen LogP contribution in [-0.2, 0) is 0 Å². The van der Waals surface area contributed by atoms with Crippen molar-refractivity contribution in [1.82, 2.24) is 0 Å². The Kier molecular flexibility index (Phi) is 2.83. The predicted octanol–water partition coefficient (Wildman–Crippen LogP) is 4.24. The maximum atomic E-state index is 12.8. The Hall–Kier alpha value is -2.03. The van der Waals surface area contributed by atoms with Crippen LogP contribution in [0, 0.1) is 5.82 Å². The van der Waals surface area contributed by atoms with E-state index in [0.29, 0.717) is 5.69 Å². The number of hydrogen-bond donors (Lipinski definition) is 0. The van der Waals surface area contributed by atoms with Crippen molar-refractivity contribution in [2.75, 3.05) is 0 Å². The van der Waals surface area contributed by atoms with Gasteiger partial charge in [0, 0.05) is 6.07 Å². The Morgan fingerprint density at radius 1 is 0.733 bits per heavy atom. The van der Waals surface area contributed by atoms with Gasteiger partial charge in [-0.05, 0) is 24.3 Å². The van der Waals surface area contributed by atoms with Gasteiger partial charge in [-0.2, -0.15) is 10.2 Å². The third-order valence-corrected chi connectivity index (χ3v) is 1.85. The maximum Gasteiger partial charge on any atom is 0.125 e. The number of hydrogen-bond acceptors (Lipinski definition) is 2. The molecule has 0 saturated carbocycles. The molecule has 0 saturated heterocycles. The fourth-order valence-corrected chi connectivity index (χ4v) is 1.15. The fourth-order valence-electron chi connectivity index (χ4n) is 1.15. The van der Waals surface area contributed by atoms with Gasteiger partial charge in [-0.1, -0.05) is 24.3 Å². The zero-order chi connectivity index (χ0) is 10.5.